The van der Waals surface area contributed by atoms with E-state index in [1.54, 1.807) is 0 Å². The Morgan fingerprint density at radius 3 is 2.13 bits per heavy atom. The number of rotatable bonds is 2. The minimum absolute atomic E-state index is 0.302. The maximum atomic E-state index is 5.41. The molecule has 0 bridgehead atoms. The molecule has 3 heteroatoms. The molecule has 0 atom stereocenters. The van der Waals surface area contributed by atoms with Crippen molar-refractivity contribution in [2.45, 2.75) is 37.0 Å². The first-order valence-corrected chi connectivity index (χ1v) is 8.56. The standard InChI is InChI=1S/C12H25NOS/c1-15(2)12-5-3-11(4-6-12)13-7-9-14-10-8-13/h11-12,15H,3-10H2,1-2H3. The molecule has 0 aromatic rings. The number of hydrogen-bond acceptors (Lipinski definition) is 2. The Labute approximate surface area is 96.7 Å². The smallest absolute Gasteiger partial charge is 0.0594 e. The van der Waals surface area contributed by atoms with Gasteiger partial charge in [0.15, 0.2) is 0 Å². The molecule has 2 fully saturated rings. The maximum Gasteiger partial charge on any atom is 0.0594 e. The van der Waals surface area contributed by atoms with E-state index in [2.05, 4.69) is 17.4 Å². The minimum atomic E-state index is 0.302. The lowest BCUT2D eigenvalue weighted by molar-refractivity contribution is 0.00892. The van der Waals surface area contributed by atoms with Crippen LogP contribution in [0.2, 0.25) is 0 Å². The van der Waals surface area contributed by atoms with E-state index in [1.165, 1.54) is 38.8 Å². The van der Waals surface area contributed by atoms with Crippen LogP contribution in [0, 0.1) is 0 Å². The van der Waals surface area contributed by atoms with Gasteiger partial charge in [-0.25, -0.2) is 0 Å². The molecule has 1 saturated heterocycles. The molecular formula is C12H25NOS. The van der Waals surface area contributed by atoms with Crippen LogP contribution >= 0.6 is 10.9 Å². The molecule has 2 rings (SSSR count). The molecule has 0 amide bonds. The minimum Gasteiger partial charge on any atom is -0.379 e. The van der Waals surface area contributed by atoms with E-state index >= 15 is 0 Å². The molecule has 0 spiro atoms. The first kappa shape index (κ1) is 11.7. The Hall–Kier alpha value is 0.270. The summed E-state index contributed by atoms with van der Waals surface area (Å²) >= 11 is 0. The van der Waals surface area contributed by atoms with Crippen LogP contribution < -0.4 is 0 Å². The van der Waals surface area contributed by atoms with Crippen molar-refractivity contribution < 1.29 is 4.74 Å². The van der Waals surface area contributed by atoms with Crippen LogP contribution in [0.15, 0.2) is 0 Å². The topological polar surface area (TPSA) is 12.5 Å². The Balaban J connectivity index is 1.77. The normalized spacial score (nSPS) is 35.2. The Bertz CT molecular complexity index is 184. The van der Waals surface area contributed by atoms with Crippen LogP contribution in [0.4, 0.5) is 0 Å². The summed E-state index contributed by atoms with van der Waals surface area (Å²) in [6, 6.07) is 0.875. The van der Waals surface area contributed by atoms with E-state index in [-0.39, 0.29) is 0 Å². The first-order valence-electron chi connectivity index (χ1n) is 6.25. The number of nitrogens with zero attached hydrogens (tertiary/aromatic N) is 1. The fourth-order valence-corrected chi connectivity index (χ4v) is 4.21. The molecule has 1 heterocycles. The second-order valence-electron chi connectivity index (χ2n) is 5.07. The summed E-state index contributed by atoms with van der Waals surface area (Å²) < 4.78 is 5.41. The Kier molecular flexibility index (Phi) is 4.35. The van der Waals surface area contributed by atoms with Crippen molar-refractivity contribution in [2.24, 2.45) is 0 Å². The molecule has 1 aliphatic carbocycles. The van der Waals surface area contributed by atoms with Crippen molar-refractivity contribution in [3.05, 3.63) is 0 Å². The van der Waals surface area contributed by atoms with Gasteiger partial charge >= 0.3 is 0 Å². The predicted octanol–water partition coefficient (Wildman–Crippen LogP) is 1.89. The quantitative estimate of drug-likeness (QED) is 0.729. The second-order valence-corrected chi connectivity index (χ2v) is 7.73. The molecule has 2 aliphatic rings. The highest BCUT2D eigenvalue weighted by molar-refractivity contribution is 8.16. The number of ether oxygens (including phenoxy) is 1. The maximum absolute atomic E-state index is 5.41. The van der Waals surface area contributed by atoms with Gasteiger partial charge in [-0.15, -0.1) is 0 Å². The van der Waals surface area contributed by atoms with Gasteiger partial charge in [0.2, 0.25) is 0 Å². The fourth-order valence-electron chi connectivity index (χ4n) is 2.88. The van der Waals surface area contributed by atoms with Gasteiger partial charge in [0.1, 0.15) is 0 Å². The largest absolute Gasteiger partial charge is 0.379 e. The SMILES string of the molecule is C[SH](C)C1CCC(N2CCOCC2)CC1. The van der Waals surface area contributed by atoms with Gasteiger partial charge in [-0.3, -0.25) is 15.8 Å². The second kappa shape index (κ2) is 5.55. The highest BCUT2D eigenvalue weighted by Gasteiger charge is 2.27. The fraction of sp³-hybridized carbons (Fsp3) is 1.00. The molecule has 15 heavy (non-hydrogen) atoms. The molecule has 1 aliphatic heterocycles. The summed E-state index contributed by atoms with van der Waals surface area (Å²) in [5.74, 6) is 0. The average Bonchev–Trinajstić information content (AvgIpc) is 2.30. The van der Waals surface area contributed by atoms with E-state index in [1.807, 2.05) is 0 Å². The summed E-state index contributed by atoms with van der Waals surface area (Å²) in [4.78, 5) is 2.66. The van der Waals surface area contributed by atoms with Crippen molar-refractivity contribution in [1.82, 2.24) is 4.90 Å². The monoisotopic (exact) mass is 231 g/mol. The van der Waals surface area contributed by atoms with Gasteiger partial charge in [-0.1, -0.05) is 0 Å². The van der Waals surface area contributed by atoms with Crippen LogP contribution in [-0.4, -0.2) is 55.0 Å². The van der Waals surface area contributed by atoms with E-state index in [9.17, 15) is 0 Å². The lowest BCUT2D eigenvalue weighted by atomic mass is 9.93. The zero-order chi connectivity index (χ0) is 10.7. The van der Waals surface area contributed by atoms with E-state index in [0.717, 1.165) is 24.5 Å². The highest BCUT2D eigenvalue weighted by atomic mass is 32.2. The first-order chi connectivity index (χ1) is 7.27. The van der Waals surface area contributed by atoms with Gasteiger partial charge in [0, 0.05) is 19.1 Å². The molecule has 90 valence electrons. The van der Waals surface area contributed by atoms with Gasteiger partial charge in [-0.2, -0.15) is 0 Å². The van der Waals surface area contributed by atoms with E-state index in [0.29, 0.717) is 10.9 Å². The van der Waals surface area contributed by atoms with Crippen LogP contribution in [-0.2, 0) is 4.74 Å². The predicted molar refractivity (Wildman–Crippen MR) is 69.3 cm³/mol. The molecule has 0 N–H and O–H groups in total. The summed E-state index contributed by atoms with van der Waals surface area (Å²) in [7, 11) is 0.302. The molecular weight excluding hydrogens is 206 g/mol. The zero-order valence-electron chi connectivity index (χ0n) is 10.1. The van der Waals surface area contributed by atoms with Crippen LogP contribution in [0.5, 0.6) is 0 Å². The number of morpholine rings is 1. The van der Waals surface area contributed by atoms with Gasteiger partial charge in [-0.05, 0) is 43.4 Å². The Morgan fingerprint density at radius 1 is 1.00 bits per heavy atom. The third-order valence-electron chi connectivity index (χ3n) is 3.96. The third kappa shape index (κ3) is 3.11. The molecule has 0 aromatic carbocycles. The Morgan fingerprint density at radius 2 is 1.60 bits per heavy atom. The van der Waals surface area contributed by atoms with Gasteiger partial charge < -0.3 is 4.74 Å². The van der Waals surface area contributed by atoms with Crippen molar-refractivity contribution in [3.63, 3.8) is 0 Å². The zero-order valence-corrected chi connectivity index (χ0v) is 11.0. The summed E-state index contributed by atoms with van der Waals surface area (Å²) in [6.45, 7) is 4.24. The van der Waals surface area contributed by atoms with Gasteiger partial charge in [0.05, 0.1) is 13.2 Å². The van der Waals surface area contributed by atoms with Crippen LogP contribution in [0.1, 0.15) is 25.7 Å². The molecule has 0 aromatic heterocycles. The number of thiol groups is 1. The molecule has 1 saturated carbocycles. The van der Waals surface area contributed by atoms with E-state index in [4.69, 9.17) is 4.74 Å². The summed E-state index contributed by atoms with van der Waals surface area (Å²) in [5.41, 5.74) is 0. The highest BCUT2D eigenvalue weighted by Crippen LogP contribution is 2.36. The van der Waals surface area contributed by atoms with Crippen molar-refractivity contribution in [2.75, 3.05) is 38.8 Å². The van der Waals surface area contributed by atoms with Crippen LogP contribution in [0.25, 0.3) is 0 Å². The molecule has 0 radical (unpaired) electrons. The lowest BCUT2D eigenvalue weighted by Crippen LogP contribution is -2.45. The average molecular weight is 231 g/mol. The molecule has 0 unspecified atom stereocenters. The lowest BCUT2D eigenvalue weighted by Gasteiger charge is -2.40. The summed E-state index contributed by atoms with van der Waals surface area (Å²) in [5, 5.41) is 1.05. The molecule has 2 nitrogen and oxygen atoms in total. The van der Waals surface area contributed by atoms with Crippen molar-refractivity contribution in [1.29, 1.82) is 0 Å². The van der Waals surface area contributed by atoms with E-state index < -0.39 is 0 Å². The van der Waals surface area contributed by atoms with Crippen molar-refractivity contribution >= 4 is 10.9 Å². The summed E-state index contributed by atoms with van der Waals surface area (Å²) in [6.07, 6.45) is 10.7. The third-order valence-corrected chi connectivity index (χ3v) is 5.94. The van der Waals surface area contributed by atoms with Crippen molar-refractivity contribution in [3.8, 4) is 0 Å². The van der Waals surface area contributed by atoms with Gasteiger partial charge in [0.25, 0.3) is 0 Å². The van der Waals surface area contributed by atoms with Crippen LogP contribution in [0.3, 0.4) is 0 Å². The number of hydrogen-bond donors (Lipinski definition) is 1.